The smallest absolute Gasteiger partial charge is 0.267 e. The summed E-state index contributed by atoms with van der Waals surface area (Å²) >= 11 is 0. The van der Waals surface area contributed by atoms with E-state index in [-0.39, 0.29) is 11.7 Å². The monoisotopic (exact) mass is 574 g/mol. The fourth-order valence-corrected chi connectivity index (χ4v) is 6.56. The number of hydrazine groups is 1. The number of amides is 1. The predicted octanol–water partition coefficient (Wildman–Crippen LogP) is 6.57. The van der Waals surface area contributed by atoms with Crippen LogP contribution in [0.5, 0.6) is 0 Å². The lowest BCUT2D eigenvalue weighted by Crippen LogP contribution is -2.38. The summed E-state index contributed by atoms with van der Waals surface area (Å²) in [5.74, 6) is -0.206. The Morgan fingerprint density at radius 1 is 0.810 bits per heavy atom. The highest BCUT2D eigenvalue weighted by molar-refractivity contribution is 7.90. The number of carbonyl (C=O) groups is 1. The van der Waals surface area contributed by atoms with Gasteiger partial charge in [-0.1, -0.05) is 66.7 Å². The van der Waals surface area contributed by atoms with Gasteiger partial charge in [0.1, 0.15) is 5.65 Å². The van der Waals surface area contributed by atoms with Gasteiger partial charge < -0.3 is 4.98 Å². The quantitative estimate of drug-likeness (QED) is 0.218. The Balaban J connectivity index is 1.51. The Morgan fingerprint density at radius 3 is 2.14 bits per heavy atom. The number of benzene rings is 4. The van der Waals surface area contributed by atoms with Crippen molar-refractivity contribution in [2.24, 2.45) is 0 Å². The number of carbonyl (C=O) groups excluding carboxylic acids is 1. The molecule has 0 saturated carbocycles. The minimum absolute atomic E-state index is 0.0991. The average Bonchev–Trinajstić information content (AvgIpc) is 3.38. The summed E-state index contributed by atoms with van der Waals surface area (Å²) in [6.07, 6.45) is 1.85. The minimum Gasteiger partial charge on any atom is -0.339 e. The Labute approximate surface area is 244 Å². The van der Waals surface area contributed by atoms with E-state index in [1.165, 1.54) is 0 Å². The molecule has 7 nitrogen and oxygen atoms in total. The fourth-order valence-electron chi connectivity index (χ4n) is 5.21. The van der Waals surface area contributed by atoms with E-state index in [2.05, 4.69) is 17.1 Å². The van der Waals surface area contributed by atoms with Crippen molar-refractivity contribution in [3.05, 3.63) is 120 Å². The molecule has 0 atom stereocenters. The number of pyridine rings is 1. The van der Waals surface area contributed by atoms with Crippen molar-refractivity contribution < 1.29 is 13.2 Å². The molecule has 2 heterocycles. The van der Waals surface area contributed by atoms with Gasteiger partial charge in [-0.05, 0) is 53.1 Å². The Bertz CT molecular complexity index is 2020. The number of H-pyrrole nitrogens is 1. The van der Waals surface area contributed by atoms with Gasteiger partial charge in [0, 0.05) is 60.3 Å². The first-order chi connectivity index (χ1) is 20.2. The number of aromatic amines is 1. The summed E-state index contributed by atoms with van der Waals surface area (Å²) in [4.78, 5) is 21.4. The van der Waals surface area contributed by atoms with Crippen LogP contribution in [0.15, 0.2) is 114 Å². The second kappa shape index (κ2) is 10.9. The van der Waals surface area contributed by atoms with E-state index in [9.17, 15) is 13.2 Å². The van der Waals surface area contributed by atoms with Crippen LogP contribution in [0.4, 0.5) is 0 Å². The highest BCUT2D eigenvalue weighted by Crippen LogP contribution is 2.41. The van der Waals surface area contributed by atoms with Crippen LogP contribution in [0.1, 0.15) is 15.9 Å². The van der Waals surface area contributed by atoms with E-state index in [0.717, 1.165) is 44.2 Å². The van der Waals surface area contributed by atoms with Crippen molar-refractivity contribution in [2.75, 3.05) is 21.1 Å². The van der Waals surface area contributed by atoms with Crippen LogP contribution in [-0.4, -0.2) is 55.5 Å². The molecule has 0 aliphatic rings. The lowest BCUT2D eigenvalue weighted by Gasteiger charge is -2.24. The molecule has 8 heteroatoms. The molecule has 1 N–H and O–H groups in total. The summed E-state index contributed by atoms with van der Waals surface area (Å²) in [6, 6.07) is 31.9. The fraction of sp³-hybridized carbons (Fsp3) is 0.118. The predicted molar refractivity (Wildman–Crippen MR) is 168 cm³/mol. The largest absolute Gasteiger partial charge is 0.339 e. The SMILES string of the molecule is CN(C)N(C)C(=O)c1ccc(-c2cnc3[nH]c4ccc(CS(=O)(=O)c5ccccc5)cc4c3c2-c2ccccc2)cc1. The van der Waals surface area contributed by atoms with E-state index in [1.807, 2.05) is 81.0 Å². The summed E-state index contributed by atoms with van der Waals surface area (Å²) in [7, 11) is 1.86. The first kappa shape index (κ1) is 27.4. The van der Waals surface area contributed by atoms with E-state index in [0.29, 0.717) is 16.0 Å². The minimum atomic E-state index is -3.51. The van der Waals surface area contributed by atoms with Crippen molar-refractivity contribution >= 4 is 37.7 Å². The first-order valence-electron chi connectivity index (χ1n) is 13.6. The van der Waals surface area contributed by atoms with Gasteiger partial charge in [0.2, 0.25) is 0 Å². The van der Waals surface area contributed by atoms with E-state index < -0.39 is 9.84 Å². The van der Waals surface area contributed by atoms with Gasteiger partial charge in [-0.3, -0.25) is 9.80 Å². The highest BCUT2D eigenvalue weighted by atomic mass is 32.2. The number of nitrogens with zero attached hydrogens (tertiary/aromatic N) is 3. The number of rotatable bonds is 7. The zero-order valence-electron chi connectivity index (χ0n) is 23.6. The average molecular weight is 575 g/mol. The molecular formula is C34H30N4O3S. The maximum absolute atomic E-state index is 13.2. The van der Waals surface area contributed by atoms with Crippen molar-refractivity contribution in [2.45, 2.75) is 10.6 Å². The molecule has 4 aromatic carbocycles. The molecule has 0 saturated heterocycles. The van der Waals surface area contributed by atoms with Crippen LogP contribution in [0.2, 0.25) is 0 Å². The van der Waals surface area contributed by atoms with Crippen LogP contribution in [-0.2, 0) is 15.6 Å². The second-order valence-corrected chi connectivity index (χ2v) is 12.5. The maximum atomic E-state index is 13.2. The van der Waals surface area contributed by atoms with Crippen molar-refractivity contribution in [1.29, 1.82) is 0 Å². The molecule has 6 rings (SSSR count). The van der Waals surface area contributed by atoms with Crippen LogP contribution < -0.4 is 0 Å². The van der Waals surface area contributed by atoms with Crippen molar-refractivity contribution in [3.63, 3.8) is 0 Å². The summed E-state index contributed by atoms with van der Waals surface area (Å²) in [5, 5.41) is 5.11. The second-order valence-electron chi connectivity index (χ2n) is 10.5. The first-order valence-corrected chi connectivity index (χ1v) is 15.2. The molecule has 42 heavy (non-hydrogen) atoms. The number of hydrogen-bond acceptors (Lipinski definition) is 5. The normalized spacial score (nSPS) is 11.8. The van der Waals surface area contributed by atoms with Gasteiger partial charge in [-0.2, -0.15) is 0 Å². The molecule has 6 aromatic rings. The van der Waals surface area contributed by atoms with Gasteiger partial charge in [0.15, 0.2) is 9.84 Å². The van der Waals surface area contributed by atoms with E-state index >= 15 is 0 Å². The third kappa shape index (κ3) is 5.06. The van der Waals surface area contributed by atoms with Gasteiger partial charge in [0.05, 0.1) is 10.6 Å². The van der Waals surface area contributed by atoms with Gasteiger partial charge in [-0.25, -0.2) is 18.4 Å². The van der Waals surface area contributed by atoms with Crippen LogP contribution >= 0.6 is 0 Å². The summed E-state index contributed by atoms with van der Waals surface area (Å²) < 4.78 is 26.3. The van der Waals surface area contributed by atoms with Crippen LogP contribution in [0.25, 0.3) is 44.2 Å². The molecule has 0 unspecified atom stereocenters. The molecule has 0 aliphatic carbocycles. The summed E-state index contributed by atoms with van der Waals surface area (Å²) in [5.41, 5.74) is 6.71. The molecule has 1 amide bonds. The number of nitrogens with one attached hydrogen (secondary N) is 1. The van der Waals surface area contributed by atoms with Crippen LogP contribution in [0, 0.1) is 0 Å². The lowest BCUT2D eigenvalue weighted by molar-refractivity contribution is 0.0341. The Kier molecular flexibility index (Phi) is 7.10. The van der Waals surface area contributed by atoms with Crippen molar-refractivity contribution in [1.82, 2.24) is 20.0 Å². The number of sulfone groups is 1. The van der Waals surface area contributed by atoms with E-state index in [4.69, 9.17) is 4.98 Å². The topological polar surface area (TPSA) is 86.4 Å². The highest BCUT2D eigenvalue weighted by Gasteiger charge is 2.20. The van der Waals surface area contributed by atoms with E-state index in [1.54, 1.807) is 47.4 Å². The molecule has 0 aliphatic heterocycles. The van der Waals surface area contributed by atoms with Crippen LogP contribution in [0.3, 0.4) is 0 Å². The Hall–Kier alpha value is -4.79. The lowest BCUT2D eigenvalue weighted by atomic mass is 9.92. The van der Waals surface area contributed by atoms with Gasteiger partial charge in [-0.15, -0.1) is 0 Å². The number of fused-ring (bicyclic) bond motifs is 3. The molecule has 210 valence electrons. The molecule has 0 radical (unpaired) electrons. The summed E-state index contributed by atoms with van der Waals surface area (Å²) in [6.45, 7) is 0. The zero-order chi connectivity index (χ0) is 29.4. The molecule has 0 bridgehead atoms. The third-order valence-electron chi connectivity index (χ3n) is 7.54. The number of aromatic nitrogens is 2. The van der Waals surface area contributed by atoms with Gasteiger partial charge in [0.25, 0.3) is 5.91 Å². The molecule has 0 fully saturated rings. The molecular weight excluding hydrogens is 544 g/mol. The molecule has 0 spiro atoms. The van der Waals surface area contributed by atoms with Crippen molar-refractivity contribution in [3.8, 4) is 22.3 Å². The third-order valence-corrected chi connectivity index (χ3v) is 9.25. The number of hydrogen-bond donors (Lipinski definition) is 1. The standard InChI is InChI=1S/C34H30N4O3S/c1-37(2)38(3)34(39)26-17-15-24(16-18-26)29-21-35-33-32(31(29)25-10-6-4-7-11-25)28-20-23(14-19-30(28)36-33)22-42(40,41)27-12-8-5-9-13-27/h4-21H,22H2,1-3H3,(H,35,36). The molecule has 2 aromatic heterocycles. The maximum Gasteiger partial charge on any atom is 0.267 e. The van der Waals surface area contributed by atoms with Gasteiger partial charge >= 0.3 is 0 Å². The zero-order valence-corrected chi connectivity index (χ0v) is 24.4. The Morgan fingerprint density at radius 2 is 1.48 bits per heavy atom.